The summed E-state index contributed by atoms with van der Waals surface area (Å²) >= 11 is 0. The molecule has 0 fully saturated rings. The predicted octanol–water partition coefficient (Wildman–Crippen LogP) is 1.84. The van der Waals surface area contributed by atoms with E-state index in [1.54, 1.807) is 6.07 Å². The van der Waals surface area contributed by atoms with Gasteiger partial charge in [0, 0.05) is 11.1 Å². The maximum absolute atomic E-state index is 10.4. The number of hydrogen-bond acceptors (Lipinski definition) is 3. The van der Waals surface area contributed by atoms with Gasteiger partial charge in [0.25, 0.3) is 0 Å². The molecule has 4 heteroatoms. The van der Waals surface area contributed by atoms with Gasteiger partial charge in [-0.05, 0) is 12.1 Å². The van der Waals surface area contributed by atoms with Crippen LogP contribution in [0.5, 0.6) is 5.75 Å². The highest BCUT2D eigenvalue weighted by atomic mass is 16.5. The zero-order valence-electron chi connectivity index (χ0n) is 8.57. The molecule has 0 aromatic carbocycles. The number of carbonyl (C=O) groups is 1. The summed E-state index contributed by atoms with van der Waals surface area (Å²) < 4.78 is 4.66. The first-order valence-corrected chi connectivity index (χ1v) is 4.33. The molecular formula is C10H14N2O2. The number of rotatable bonds is 1. The van der Waals surface area contributed by atoms with Crippen molar-refractivity contribution in [3.05, 3.63) is 24.0 Å². The fourth-order valence-corrected chi connectivity index (χ4v) is 1.00. The molecule has 0 bridgehead atoms. The van der Waals surface area contributed by atoms with Crippen molar-refractivity contribution in [3.63, 3.8) is 0 Å². The van der Waals surface area contributed by atoms with Crippen molar-refractivity contribution in [1.82, 2.24) is 4.98 Å². The molecule has 1 amide bonds. The zero-order chi connectivity index (χ0) is 10.8. The van der Waals surface area contributed by atoms with E-state index in [4.69, 9.17) is 5.73 Å². The molecule has 0 saturated carbocycles. The Bertz CT molecular complexity index is 325. The van der Waals surface area contributed by atoms with Gasteiger partial charge in [-0.2, -0.15) is 0 Å². The van der Waals surface area contributed by atoms with Crippen molar-refractivity contribution in [3.8, 4) is 5.75 Å². The average molecular weight is 194 g/mol. The van der Waals surface area contributed by atoms with Crippen molar-refractivity contribution in [2.75, 3.05) is 0 Å². The van der Waals surface area contributed by atoms with Gasteiger partial charge in [0.1, 0.15) is 0 Å². The smallest absolute Gasteiger partial charge is 0.409 e. The lowest BCUT2D eigenvalue weighted by molar-refractivity contribution is 0.210. The van der Waals surface area contributed by atoms with Crippen LogP contribution in [0.3, 0.4) is 0 Å². The molecule has 0 spiro atoms. The lowest BCUT2D eigenvalue weighted by Crippen LogP contribution is -2.17. The van der Waals surface area contributed by atoms with Gasteiger partial charge in [-0.25, -0.2) is 4.79 Å². The van der Waals surface area contributed by atoms with E-state index in [0.29, 0.717) is 5.75 Å². The summed E-state index contributed by atoms with van der Waals surface area (Å²) in [6.45, 7) is 6.18. The molecular weight excluding hydrogens is 180 g/mol. The van der Waals surface area contributed by atoms with E-state index in [-0.39, 0.29) is 5.41 Å². The molecule has 0 aliphatic carbocycles. The van der Waals surface area contributed by atoms with Crippen molar-refractivity contribution < 1.29 is 9.53 Å². The number of pyridine rings is 1. The second kappa shape index (κ2) is 3.65. The molecule has 1 aromatic heterocycles. The summed E-state index contributed by atoms with van der Waals surface area (Å²) in [5.41, 5.74) is 5.79. The van der Waals surface area contributed by atoms with Gasteiger partial charge in [0.05, 0.1) is 6.20 Å². The fourth-order valence-electron chi connectivity index (χ4n) is 1.00. The fraction of sp³-hybridized carbons (Fsp3) is 0.400. The monoisotopic (exact) mass is 194 g/mol. The summed E-state index contributed by atoms with van der Waals surface area (Å²) in [7, 11) is 0. The van der Waals surface area contributed by atoms with E-state index in [0.717, 1.165) is 5.69 Å². The van der Waals surface area contributed by atoms with Gasteiger partial charge in [0.2, 0.25) is 0 Å². The molecule has 1 heterocycles. The molecule has 14 heavy (non-hydrogen) atoms. The Morgan fingerprint density at radius 1 is 1.43 bits per heavy atom. The standard InChI is InChI=1S/C10H14N2O2/c1-10(2,3)8-5-4-7(6-12-8)14-9(11)13/h4-6H,1-3H3,(H2,11,13). The first-order chi connectivity index (χ1) is 6.39. The van der Waals surface area contributed by atoms with Crippen LogP contribution in [0.1, 0.15) is 26.5 Å². The number of nitrogens with zero attached hydrogens (tertiary/aromatic N) is 1. The molecule has 1 aromatic rings. The van der Waals surface area contributed by atoms with E-state index >= 15 is 0 Å². The Morgan fingerprint density at radius 3 is 2.43 bits per heavy atom. The third-order valence-corrected chi connectivity index (χ3v) is 1.72. The number of nitrogens with two attached hydrogens (primary N) is 1. The third-order valence-electron chi connectivity index (χ3n) is 1.72. The minimum Gasteiger partial charge on any atom is -0.409 e. The second-order valence-electron chi connectivity index (χ2n) is 4.05. The number of amides is 1. The van der Waals surface area contributed by atoms with Crippen molar-refractivity contribution in [1.29, 1.82) is 0 Å². The lowest BCUT2D eigenvalue weighted by Gasteiger charge is -2.17. The zero-order valence-corrected chi connectivity index (χ0v) is 8.57. The number of hydrogen-bond donors (Lipinski definition) is 1. The largest absolute Gasteiger partial charge is 0.410 e. The molecule has 0 saturated heterocycles. The summed E-state index contributed by atoms with van der Waals surface area (Å²) in [6.07, 6.45) is 0.668. The van der Waals surface area contributed by atoms with Crippen LogP contribution in [0.25, 0.3) is 0 Å². The summed E-state index contributed by atoms with van der Waals surface area (Å²) in [5.74, 6) is 0.366. The van der Waals surface area contributed by atoms with Gasteiger partial charge in [-0.3, -0.25) is 4.98 Å². The van der Waals surface area contributed by atoms with Crippen LogP contribution in [0, 0.1) is 0 Å². The van der Waals surface area contributed by atoms with E-state index in [1.807, 2.05) is 6.07 Å². The van der Waals surface area contributed by atoms with Crippen LogP contribution in [0.2, 0.25) is 0 Å². The minimum atomic E-state index is -0.824. The number of aromatic nitrogens is 1. The number of ether oxygens (including phenoxy) is 1. The van der Waals surface area contributed by atoms with Gasteiger partial charge < -0.3 is 10.5 Å². The van der Waals surface area contributed by atoms with Gasteiger partial charge in [-0.1, -0.05) is 20.8 Å². The first kappa shape index (κ1) is 10.5. The Labute approximate surface area is 83.1 Å². The van der Waals surface area contributed by atoms with Crippen LogP contribution >= 0.6 is 0 Å². The highest BCUT2D eigenvalue weighted by Crippen LogP contribution is 2.21. The normalized spacial score (nSPS) is 11.1. The van der Waals surface area contributed by atoms with Crippen LogP contribution in [-0.2, 0) is 5.41 Å². The van der Waals surface area contributed by atoms with Crippen molar-refractivity contribution in [2.24, 2.45) is 5.73 Å². The maximum Gasteiger partial charge on any atom is 0.410 e. The highest BCUT2D eigenvalue weighted by Gasteiger charge is 2.14. The Kier molecular flexibility index (Phi) is 2.74. The van der Waals surface area contributed by atoms with E-state index < -0.39 is 6.09 Å². The average Bonchev–Trinajstić information content (AvgIpc) is 2.02. The van der Waals surface area contributed by atoms with Gasteiger partial charge in [-0.15, -0.1) is 0 Å². The van der Waals surface area contributed by atoms with Gasteiger partial charge >= 0.3 is 6.09 Å². The van der Waals surface area contributed by atoms with E-state index in [9.17, 15) is 4.79 Å². The number of primary amides is 1. The summed E-state index contributed by atoms with van der Waals surface area (Å²) in [5, 5.41) is 0. The van der Waals surface area contributed by atoms with Crippen molar-refractivity contribution >= 4 is 6.09 Å². The molecule has 0 unspecified atom stereocenters. The van der Waals surface area contributed by atoms with Crippen LogP contribution in [0.4, 0.5) is 4.79 Å². The molecule has 0 atom stereocenters. The second-order valence-corrected chi connectivity index (χ2v) is 4.05. The predicted molar refractivity (Wildman–Crippen MR) is 53.1 cm³/mol. The molecule has 76 valence electrons. The van der Waals surface area contributed by atoms with Gasteiger partial charge in [0.15, 0.2) is 5.75 Å². The Balaban J connectivity index is 2.84. The molecule has 0 aliphatic rings. The summed E-state index contributed by atoms with van der Waals surface area (Å²) in [4.78, 5) is 14.6. The van der Waals surface area contributed by atoms with E-state index in [1.165, 1.54) is 6.20 Å². The van der Waals surface area contributed by atoms with Crippen LogP contribution in [0.15, 0.2) is 18.3 Å². The molecule has 2 N–H and O–H groups in total. The Morgan fingerprint density at radius 2 is 2.07 bits per heavy atom. The Hall–Kier alpha value is -1.58. The molecule has 0 radical (unpaired) electrons. The third kappa shape index (κ3) is 2.73. The quantitative estimate of drug-likeness (QED) is 0.741. The topological polar surface area (TPSA) is 65.2 Å². The van der Waals surface area contributed by atoms with Crippen LogP contribution in [-0.4, -0.2) is 11.1 Å². The van der Waals surface area contributed by atoms with Crippen molar-refractivity contribution in [2.45, 2.75) is 26.2 Å². The summed E-state index contributed by atoms with van der Waals surface area (Å²) in [6, 6.07) is 3.50. The minimum absolute atomic E-state index is 0.00868. The lowest BCUT2D eigenvalue weighted by atomic mass is 9.92. The van der Waals surface area contributed by atoms with E-state index in [2.05, 4.69) is 30.5 Å². The SMILES string of the molecule is CC(C)(C)c1ccc(OC(N)=O)cn1. The molecule has 1 rings (SSSR count). The molecule has 0 aliphatic heterocycles. The first-order valence-electron chi connectivity index (χ1n) is 4.33. The number of carbonyl (C=O) groups excluding carboxylic acids is 1. The molecule has 4 nitrogen and oxygen atoms in total. The highest BCUT2D eigenvalue weighted by molar-refractivity contribution is 5.67. The van der Waals surface area contributed by atoms with Crippen LogP contribution < -0.4 is 10.5 Å². The maximum atomic E-state index is 10.4.